The van der Waals surface area contributed by atoms with Crippen LogP contribution in [0.3, 0.4) is 0 Å². The van der Waals surface area contributed by atoms with Gasteiger partial charge in [-0.3, -0.25) is 0 Å². The molecule has 0 bridgehead atoms. The molecule has 3 nitrogen and oxygen atoms in total. The first kappa shape index (κ1) is 14.9. The fourth-order valence-corrected chi connectivity index (χ4v) is 2.42. The summed E-state index contributed by atoms with van der Waals surface area (Å²) in [5.41, 5.74) is 2.22. The Hall–Kier alpha value is -1.48. The normalized spacial score (nSPS) is 11.2. The summed E-state index contributed by atoms with van der Waals surface area (Å²) in [5, 5.41) is 4.55. The lowest BCUT2D eigenvalue weighted by atomic mass is 10.1. The standard InChI is InChI=1S/C17H25NO2/c1-4-8-13-14-9-7-10-15(19-11-5-2)17(14)20-16(13)12-18-6-3/h7,9-10,18H,4-6,8,11-12H2,1-3H3. The van der Waals surface area contributed by atoms with Gasteiger partial charge in [0.05, 0.1) is 13.2 Å². The van der Waals surface area contributed by atoms with Gasteiger partial charge in [-0.05, 0) is 25.5 Å². The fourth-order valence-electron chi connectivity index (χ4n) is 2.42. The summed E-state index contributed by atoms with van der Waals surface area (Å²) in [4.78, 5) is 0. The van der Waals surface area contributed by atoms with E-state index in [4.69, 9.17) is 9.15 Å². The van der Waals surface area contributed by atoms with Crippen LogP contribution in [-0.2, 0) is 13.0 Å². The van der Waals surface area contributed by atoms with Crippen LogP contribution in [0.1, 0.15) is 44.9 Å². The van der Waals surface area contributed by atoms with E-state index in [9.17, 15) is 0 Å². The van der Waals surface area contributed by atoms with Crippen LogP contribution in [0.2, 0.25) is 0 Å². The second-order valence-electron chi connectivity index (χ2n) is 5.02. The molecule has 0 atom stereocenters. The minimum absolute atomic E-state index is 0.728. The van der Waals surface area contributed by atoms with Crippen molar-refractivity contribution in [1.29, 1.82) is 0 Å². The van der Waals surface area contributed by atoms with E-state index in [2.05, 4.69) is 38.2 Å². The van der Waals surface area contributed by atoms with Gasteiger partial charge in [-0.1, -0.05) is 39.3 Å². The second kappa shape index (κ2) is 7.34. The predicted octanol–water partition coefficient (Wildman–Crippen LogP) is 4.28. The van der Waals surface area contributed by atoms with Crippen molar-refractivity contribution in [1.82, 2.24) is 5.32 Å². The van der Waals surface area contributed by atoms with Crippen LogP contribution in [0.5, 0.6) is 5.75 Å². The number of hydrogen-bond acceptors (Lipinski definition) is 3. The van der Waals surface area contributed by atoms with Crippen molar-refractivity contribution in [2.45, 2.75) is 46.6 Å². The molecule has 0 saturated heterocycles. The molecule has 0 aliphatic carbocycles. The van der Waals surface area contributed by atoms with Crippen molar-refractivity contribution < 1.29 is 9.15 Å². The van der Waals surface area contributed by atoms with E-state index < -0.39 is 0 Å². The van der Waals surface area contributed by atoms with Crippen LogP contribution in [-0.4, -0.2) is 13.2 Å². The molecule has 2 aromatic rings. The van der Waals surface area contributed by atoms with Crippen LogP contribution in [0.15, 0.2) is 22.6 Å². The molecule has 3 heteroatoms. The molecule has 110 valence electrons. The number of benzene rings is 1. The highest BCUT2D eigenvalue weighted by atomic mass is 16.5. The number of furan rings is 1. The molecule has 0 aliphatic heterocycles. The van der Waals surface area contributed by atoms with E-state index in [1.807, 2.05) is 6.07 Å². The fraction of sp³-hybridized carbons (Fsp3) is 0.529. The van der Waals surface area contributed by atoms with Crippen molar-refractivity contribution in [3.05, 3.63) is 29.5 Å². The van der Waals surface area contributed by atoms with Crippen LogP contribution in [0.4, 0.5) is 0 Å². The molecule has 2 rings (SSSR count). The third-order valence-corrected chi connectivity index (χ3v) is 3.36. The van der Waals surface area contributed by atoms with Gasteiger partial charge in [-0.15, -0.1) is 0 Å². The Labute approximate surface area is 121 Å². The maximum atomic E-state index is 6.09. The van der Waals surface area contributed by atoms with E-state index >= 15 is 0 Å². The van der Waals surface area contributed by atoms with Gasteiger partial charge >= 0.3 is 0 Å². The Morgan fingerprint density at radius 1 is 1.15 bits per heavy atom. The summed E-state index contributed by atoms with van der Waals surface area (Å²) >= 11 is 0. The third-order valence-electron chi connectivity index (χ3n) is 3.36. The van der Waals surface area contributed by atoms with Crippen LogP contribution in [0, 0.1) is 0 Å². The van der Waals surface area contributed by atoms with Gasteiger partial charge in [0.25, 0.3) is 0 Å². The molecule has 0 radical (unpaired) electrons. The average Bonchev–Trinajstić information content (AvgIpc) is 2.82. The van der Waals surface area contributed by atoms with E-state index in [-0.39, 0.29) is 0 Å². The Morgan fingerprint density at radius 3 is 2.70 bits per heavy atom. The highest BCUT2D eigenvalue weighted by Crippen LogP contribution is 2.33. The monoisotopic (exact) mass is 275 g/mol. The van der Waals surface area contributed by atoms with E-state index in [1.54, 1.807) is 0 Å². The smallest absolute Gasteiger partial charge is 0.176 e. The van der Waals surface area contributed by atoms with E-state index in [0.717, 1.165) is 56.1 Å². The van der Waals surface area contributed by atoms with Gasteiger partial charge in [0.1, 0.15) is 5.76 Å². The van der Waals surface area contributed by atoms with E-state index in [0.29, 0.717) is 0 Å². The number of para-hydroxylation sites is 1. The number of nitrogens with one attached hydrogen (secondary N) is 1. The van der Waals surface area contributed by atoms with Crippen molar-refractivity contribution in [2.75, 3.05) is 13.2 Å². The Bertz CT molecular complexity index is 545. The van der Waals surface area contributed by atoms with Gasteiger partial charge in [0, 0.05) is 10.9 Å². The second-order valence-corrected chi connectivity index (χ2v) is 5.02. The summed E-state index contributed by atoms with van der Waals surface area (Å²) in [6.07, 6.45) is 3.17. The average molecular weight is 275 g/mol. The highest BCUT2D eigenvalue weighted by Gasteiger charge is 2.16. The first-order valence-electron chi connectivity index (χ1n) is 7.68. The molecular weight excluding hydrogens is 250 g/mol. The highest BCUT2D eigenvalue weighted by molar-refractivity contribution is 5.87. The van der Waals surface area contributed by atoms with Gasteiger partial charge in [0.2, 0.25) is 0 Å². The molecule has 1 aromatic carbocycles. The largest absolute Gasteiger partial charge is 0.490 e. The summed E-state index contributed by atoms with van der Waals surface area (Å²) in [7, 11) is 0. The lowest BCUT2D eigenvalue weighted by Crippen LogP contribution is -2.12. The summed E-state index contributed by atoms with van der Waals surface area (Å²) in [6.45, 7) is 8.88. The molecule has 1 aromatic heterocycles. The number of aryl methyl sites for hydroxylation is 1. The predicted molar refractivity (Wildman–Crippen MR) is 83.4 cm³/mol. The molecule has 1 N–H and O–H groups in total. The van der Waals surface area contributed by atoms with E-state index in [1.165, 1.54) is 10.9 Å². The van der Waals surface area contributed by atoms with Crippen molar-refractivity contribution in [3.63, 3.8) is 0 Å². The maximum absolute atomic E-state index is 6.09. The Balaban J connectivity index is 2.42. The molecule has 1 heterocycles. The zero-order chi connectivity index (χ0) is 14.4. The summed E-state index contributed by atoms with van der Waals surface area (Å²) < 4.78 is 11.9. The minimum atomic E-state index is 0.728. The molecule has 0 amide bonds. The van der Waals surface area contributed by atoms with Gasteiger partial charge in [-0.25, -0.2) is 0 Å². The summed E-state index contributed by atoms with van der Waals surface area (Å²) in [6, 6.07) is 6.19. The Morgan fingerprint density at radius 2 is 2.00 bits per heavy atom. The van der Waals surface area contributed by atoms with Gasteiger partial charge < -0.3 is 14.5 Å². The van der Waals surface area contributed by atoms with Gasteiger partial charge in [0.15, 0.2) is 11.3 Å². The minimum Gasteiger partial charge on any atom is -0.490 e. The molecule has 0 spiro atoms. The first-order valence-corrected chi connectivity index (χ1v) is 7.68. The topological polar surface area (TPSA) is 34.4 Å². The molecule has 0 aliphatic rings. The van der Waals surface area contributed by atoms with Crippen LogP contribution in [0.25, 0.3) is 11.0 Å². The zero-order valence-corrected chi connectivity index (χ0v) is 12.8. The molecular formula is C17H25NO2. The number of ether oxygens (including phenoxy) is 1. The lowest BCUT2D eigenvalue weighted by molar-refractivity contribution is 0.315. The molecule has 0 unspecified atom stereocenters. The zero-order valence-electron chi connectivity index (χ0n) is 12.8. The Kier molecular flexibility index (Phi) is 5.48. The quantitative estimate of drug-likeness (QED) is 0.780. The van der Waals surface area contributed by atoms with Gasteiger partial charge in [-0.2, -0.15) is 0 Å². The maximum Gasteiger partial charge on any atom is 0.176 e. The SMILES string of the molecule is CCCOc1cccc2c(CCC)c(CNCC)oc12. The third kappa shape index (κ3) is 3.15. The molecule has 20 heavy (non-hydrogen) atoms. The molecule has 0 fully saturated rings. The first-order chi connectivity index (χ1) is 9.81. The van der Waals surface area contributed by atoms with Crippen LogP contribution < -0.4 is 10.1 Å². The van der Waals surface area contributed by atoms with Crippen molar-refractivity contribution in [3.8, 4) is 5.75 Å². The lowest BCUT2D eigenvalue weighted by Gasteiger charge is -2.04. The number of hydrogen-bond donors (Lipinski definition) is 1. The number of fused-ring (bicyclic) bond motifs is 1. The summed E-state index contributed by atoms with van der Waals surface area (Å²) in [5.74, 6) is 1.92. The van der Waals surface area contributed by atoms with Crippen molar-refractivity contribution in [2.24, 2.45) is 0 Å². The van der Waals surface area contributed by atoms with Crippen LogP contribution >= 0.6 is 0 Å². The molecule has 0 saturated carbocycles. The number of rotatable bonds is 8. The van der Waals surface area contributed by atoms with Crippen molar-refractivity contribution >= 4 is 11.0 Å².